The molecule has 3 aliphatic rings. The fourth-order valence-electron chi connectivity index (χ4n) is 3.87. The van der Waals surface area contributed by atoms with Gasteiger partial charge in [-0.3, -0.25) is 0 Å². The van der Waals surface area contributed by atoms with Crippen LogP contribution in [0.1, 0.15) is 20.8 Å². The van der Waals surface area contributed by atoms with Crippen molar-refractivity contribution in [1.29, 1.82) is 0 Å². The third-order valence-corrected chi connectivity index (χ3v) is 5.98. The lowest BCUT2D eigenvalue weighted by Gasteiger charge is -2.47. The fraction of sp³-hybridized carbons (Fsp3) is 1.00. The Kier molecular flexibility index (Phi) is 7.91. The molecule has 8 N–H and O–H groups in total. The molecule has 0 aromatic heterocycles. The molecule has 0 aromatic carbocycles. The zero-order chi connectivity index (χ0) is 23.2. The van der Waals surface area contributed by atoms with Crippen LogP contribution in [0.25, 0.3) is 0 Å². The molecule has 3 fully saturated rings. The van der Waals surface area contributed by atoms with E-state index in [0.29, 0.717) is 0 Å². The highest BCUT2D eigenvalue weighted by atomic mass is 16.7. The molecular weight excluding hydrogens is 424 g/mol. The maximum atomic E-state index is 10.7. The molecule has 3 rings (SSSR count). The van der Waals surface area contributed by atoms with Crippen molar-refractivity contribution < 1.29 is 64.5 Å². The fourth-order valence-corrected chi connectivity index (χ4v) is 3.87. The highest BCUT2D eigenvalue weighted by Crippen LogP contribution is 2.31. The van der Waals surface area contributed by atoms with Crippen LogP contribution in [0.4, 0.5) is 0 Å². The molecule has 13 nitrogen and oxygen atoms in total. The Morgan fingerprint density at radius 1 is 0.452 bits per heavy atom. The molecule has 3 aliphatic heterocycles. The van der Waals surface area contributed by atoms with Crippen molar-refractivity contribution >= 4 is 0 Å². The molecular formula is C18H32O13. The lowest BCUT2D eigenvalue weighted by atomic mass is 9.97. The Balaban J connectivity index is 1.72. The molecule has 0 aliphatic carbocycles. The van der Waals surface area contributed by atoms with Gasteiger partial charge in [-0.25, -0.2) is 0 Å². The van der Waals surface area contributed by atoms with Gasteiger partial charge in [0.25, 0.3) is 0 Å². The smallest absolute Gasteiger partial charge is 0.187 e. The van der Waals surface area contributed by atoms with Crippen LogP contribution in [0.2, 0.25) is 0 Å². The Morgan fingerprint density at radius 3 is 1.52 bits per heavy atom. The summed E-state index contributed by atoms with van der Waals surface area (Å²) in [7, 11) is 0. The molecule has 13 heteroatoms. The molecule has 0 amide bonds. The normalized spacial score (nSPS) is 56.4. The number of hydrogen-bond donors (Lipinski definition) is 8. The van der Waals surface area contributed by atoms with Crippen LogP contribution in [-0.2, 0) is 23.7 Å². The van der Waals surface area contributed by atoms with Crippen LogP contribution in [0, 0.1) is 0 Å². The van der Waals surface area contributed by atoms with Gasteiger partial charge in [0.2, 0.25) is 0 Å². The van der Waals surface area contributed by atoms with E-state index < -0.39 is 92.1 Å². The molecule has 15 atom stereocenters. The molecule has 0 radical (unpaired) electrons. The van der Waals surface area contributed by atoms with Crippen molar-refractivity contribution in [2.24, 2.45) is 0 Å². The topological polar surface area (TPSA) is 208 Å². The summed E-state index contributed by atoms with van der Waals surface area (Å²) in [5.41, 5.74) is 0. The number of ether oxygens (including phenoxy) is 5. The highest BCUT2D eigenvalue weighted by Gasteiger charge is 2.52. The summed E-state index contributed by atoms with van der Waals surface area (Å²) in [6, 6.07) is 0. The van der Waals surface area contributed by atoms with Crippen LogP contribution >= 0.6 is 0 Å². The second-order valence-corrected chi connectivity index (χ2v) is 8.29. The molecule has 0 bridgehead atoms. The van der Waals surface area contributed by atoms with Gasteiger partial charge in [-0.05, 0) is 20.8 Å². The monoisotopic (exact) mass is 456 g/mol. The summed E-state index contributed by atoms with van der Waals surface area (Å²) >= 11 is 0. The first kappa shape index (κ1) is 25.1. The van der Waals surface area contributed by atoms with Crippen LogP contribution in [0.15, 0.2) is 0 Å². The lowest BCUT2D eigenvalue weighted by Crippen LogP contribution is -2.65. The molecule has 3 heterocycles. The summed E-state index contributed by atoms with van der Waals surface area (Å²) in [5, 5.41) is 81.3. The van der Waals surface area contributed by atoms with Crippen molar-refractivity contribution in [2.75, 3.05) is 0 Å². The van der Waals surface area contributed by atoms with Gasteiger partial charge in [0, 0.05) is 0 Å². The summed E-state index contributed by atoms with van der Waals surface area (Å²) in [4.78, 5) is 0. The van der Waals surface area contributed by atoms with Crippen molar-refractivity contribution in [1.82, 2.24) is 0 Å². The zero-order valence-corrected chi connectivity index (χ0v) is 17.3. The van der Waals surface area contributed by atoms with Crippen molar-refractivity contribution in [3.8, 4) is 0 Å². The molecule has 182 valence electrons. The second kappa shape index (κ2) is 9.77. The van der Waals surface area contributed by atoms with Gasteiger partial charge >= 0.3 is 0 Å². The molecule has 31 heavy (non-hydrogen) atoms. The van der Waals surface area contributed by atoms with E-state index in [4.69, 9.17) is 23.7 Å². The maximum absolute atomic E-state index is 10.7. The molecule has 0 unspecified atom stereocenters. The van der Waals surface area contributed by atoms with E-state index in [1.807, 2.05) is 0 Å². The third kappa shape index (κ3) is 4.89. The first-order chi connectivity index (χ1) is 14.4. The minimum Gasteiger partial charge on any atom is -0.388 e. The van der Waals surface area contributed by atoms with Crippen LogP contribution < -0.4 is 0 Å². The second-order valence-electron chi connectivity index (χ2n) is 8.29. The van der Waals surface area contributed by atoms with Gasteiger partial charge in [0.05, 0.1) is 18.3 Å². The van der Waals surface area contributed by atoms with Crippen LogP contribution in [0.3, 0.4) is 0 Å². The van der Waals surface area contributed by atoms with Gasteiger partial charge in [0.15, 0.2) is 18.9 Å². The number of rotatable bonds is 4. The maximum Gasteiger partial charge on any atom is 0.187 e. The van der Waals surface area contributed by atoms with Gasteiger partial charge in [-0.1, -0.05) is 0 Å². The predicted octanol–water partition coefficient (Wildman–Crippen LogP) is -4.49. The molecule has 0 spiro atoms. The first-order valence-electron chi connectivity index (χ1n) is 10.2. The van der Waals surface area contributed by atoms with Crippen LogP contribution in [-0.4, -0.2) is 133 Å². The Hall–Kier alpha value is -0.520. The Labute approximate surface area is 178 Å². The van der Waals surface area contributed by atoms with Crippen molar-refractivity contribution in [2.45, 2.75) is 113 Å². The average Bonchev–Trinajstić information content (AvgIpc) is 2.72. The van der Waals surface area contributed by atoms with Crippen LogP contribution in [0.5, 0.6) is 0 Å². The van der Waals surface area contributed by atoms with Gasteiger partial charge < -0.3 is 64.5 Å². The van der Waals surface area contributed by atoms with E-state index in [-0.39, 0.29) is 0 Å². The van der Waals surface area contributed by atoms with Gasteiger partial charge in [-0.15, -0.1) is 0 Å². The largest absolute Gasteiger partial charge is 0.388 e. The quantitative estimate of drug-likeness (QED) is 0.201. The predicted molar refractivity (Wildman–Crippen MR) is 97.0 cm³/mol. The van der Waals surface area contributed by atoms with E-state index in [1.165, 1.54) is 20.8 Å². The summed E-state index contributed by atoms with van der Waals surface area (Å²) < 4.78 is 26.9. The van der Waals surface area contributed by atoms with E-state index in [0.717, 1.165) is 0 Å². The SMILES string of the molecule is C[C@H]1O[C@H](O[C@@H]2[C@H](O)[C@@H](O[C@H]3[C@@H](O)[C@H](O)[C@@H](C)O[C@@H]3O)O[C@H](C)[C@H]2O)[C@@H](O)[C@@H](O)[C@@H]1O. The molecule has 0 saturated carbocycles. The Morgan fingerprint density at radius 2 is 0.903 bits per heavy atom. The van der Waals surface area contributed by atoms with E-state index >= 15 is 0 Å². The lowest BCUT2D eigenvalue weighted by molar-refractivity contribution is -0.377. The average molecular weight is 456 g/mol. The van der Waals surface area contributed by atoms with Gasteiger partial charge in [-0.2, -0.15) is 0 Å². The standard InChI is InChI=1S/C18H32O13/c1-4-8(20)11(23)15(16(26)27-4)31-18-13(25)14(9(21)6(3)29-18)30-17-12(24)10(22)7(19)5(2)28-17/h4-26H,1-3H3/t4-,5-,6-,7-,8-,9-,10+,11+,12+,13+,14+,15+,16+,17-,18-/m1/s1. The first-order valence-corrected chi connectivity index (χ1v) is 10.2. The van der Waals surface area contributed by atoms with Crippen molar-refractivity contribution in [3.05, 3.63) is 0 Å². The minimum absolute atomic E-state index is 0.868. The number of aliphatic hydroxyl groups is 8. The van der Waals surface area contributed by atoms with E-state index in [1.54, 1.807) is 0 Å². The molecule has 3 saturated heterocycles. The third-order valence-electron chi connectivity index (χ3n) is 5.98. The Bertz CT molecular complexity index is 595. The summed E-state index contributed by atoms with van der Waals surface area (Å²) in [6.07, 6.45) is -21.0. The van der Waals surface area contributed by atoms with Gasteiger partial charge in [0.1, 0.15) is 54.9 Å². The highest BCUT2D eigenvalue weighted by molar-refractivity contribution is 4.94. The van der Waals surface area contributed by atoms with Crippen molar-refractivity contribution in [3.63, 3.8) is 0 Å². The number of hydrogen-bond acceptors (Lipinski definition) is 13. The summed E-state index contributed by atoms with van der Waals surface area (Å²) in [5.74, 6) is 0. The van der Waals surface area contributed by atoms with E-state index in [9.17, 15) is 40.9 Å². The van der Waals surface area contributed by atoms with E-state index in [2.05, 4.69) is 0 Å². The zero-order valence-electron chi connectivity index (χ0n) is 17.3. The number of aliphatic hydroxyl groups excluding tert-OH is 8. The molecule has 0 aromatic rings. The summed E-state index contributed by atoms with van der Waals surface area (Å²) in [6.45, 7) is 4.34. The minimum atomic E-state index is -1.70.